The second-order valence-electron chi connectivity index (χ2n) is 3.74. The van der Waals surface area contributed by atoms with Gasteiger partial charge in [0.1, 0.15) is 12.4 Å². The van der Waals surface area contributed by atoms with Crippen molar-refractivity contribution >= 4 is 29.5 Å². The summed E-state index contributed by atoms with van der Waals surface area (Å²) in [6.07, 6.45) is 2.80. The van der Waals surface area contributed by atoms with Crippen LogP contribution in [0.25, 0.3) is 0 Å². The average molecular weight is 291 g/mol. The lowest BCUT2D eigenvalue weighted by Crippen LogP contribution is -2.08. The highest BCUT2D eigenvalue weighted by Gasteiger charge is 2.10. The molecule has 0 N–H and O–H groups in total. The van der Waals surface area contributed by atoms with Crippen LogP contribution in [0, 0.1) is 0 Å². The van der Waals surface area contributed by atoms with Crippen molar-refractivity contribution < 1.29 is 14.3 Å². The summed E-state index contributed by atoms with van der Waals surface area (Å²) < 4.78 is 10.8. The predicted octanol–water partition coefficient (Wildman–Crippen LogP) is 4.00. The van der Waals surface area contributed by atoms with Gasteiger partial charge in [0.05, 0.1) is 17.2 Å². The van der Waals surface area contributed by atoms with Gasteiger partial charge in [-0.05, 0) is 18.6 Å². The van der Waals surface area contributed by atoms with E-state index in [1.165, 1.54) is 6.07 Å². The molecule has 0 amide bonds. The Labute approximate surface area is 117 Å². The summed E-state index contributed by atoms with van der Waals surface area (Å²) in [7, 11) is 0. The SMILES string of the molecule is CCCCOCCOc1c(Cl)cc(Cl)cc1C=O. The van der Waals surface area contributed by atoms with E-state index in [0.29, 0.717) is 40.9 Å². The van der Waals surface area contributed by atoms with Crippen LogP contribution in [0.5, 0.6) is 5.75 Å². The lowest BCUT2D eigenvalue weighted by molar-refractivity contribution is 0.0969. The van der Waals surface area contributed by atoms with Crippen molar-refractivity contribution in [2.45, 2.75) is 19.8 Å². The molecule has 0 bridgehead atoms. The largest absolute Gasteiger partial charge is 0.489 e. The molecule has 0 unspecified atom stereocenters. The fourth-order valence-corrected chi connectivity index (χ4v) is 1.93. The molecular formula is C13H16Cl2O3. The Kier molecular flexibility index (Phi) is 7.09. The van der Waals surface area contributed by atoms with Crippen LogP contribution in [0.15, 0.2) is 12.1 Å². The second kappa shape index (κ2) is 8.35. The van der Waals surface area contributed by atoms with Crippen LogP contribution in [0.2, 0.25) is 10.0 Å². The first-order valence-electron chi connectivity index (χ1n) is 5.83. The quantitative estimate of drug-likeness (QED) is 0.536. The lowest BCUT2D eigenvalue weighted by Gasteiger charge is -2.11. The van der Waals surface area contributed by atoms with E-state index in [1.807, 2.05) is 0 Å². The molecule has 0 fully saturated rings. The van der Waals surface area contributed by atoms with E-state index in [4.69, 9.17) is 32.7 Å². The number of hydrogen-bond acceptors (Lipinski definition) is 3. The molecule has 18 heavy (non-hydrogen) atoms. The molecule has 0 aliphatic carbocycles. The normalized spacial score (nSPS) is 10.4. The number of halogens is 2. The molecule has 0 aromatic heterocycles. The molecule has 5 heteroatoms. The number of hydrogen-bond donors (Lipinski definition) is 0. The molecule has 1 rings (SSSR count). The van der Waals surface area contributed by atoms with E-state index in [0.717, 1.165) is 19.4 Å². The molecule has 100 valence electrons. The molecular weight excluding hydrogens is 275 g/mol. The van der Waals surface area contributed by atoms with E-state index in [9.17, 15) is 4.79 Å². The summed E-state index contributed by atoms with van der Waals surface area (Å²) >= 11 is 11.8. The van der Waals surface area contributed by atoms with Crippen LogP contribution in [0.3, 0.4) is 0 Å². The number of ether oxygens (including phenoxy) is 2. The summed E-state index contributed by atoms with van der Waals surface area (Å²) in [6, 6.07) is 3.07. The van der Waals surface area contributed by atoms with Crippen molar-refractivity contribution in [3.8, 4) is 5.75 Å². The zero-order chi connectivity index (χ0) is 13.4. The lowest BCUT2D eigenvalue weighted by atomic mass is 10.2. The number of rotatable bonds is 8. The number of carbonyl (C=O) groups excluding carboxylic acids is 1. The minimum atomic E-state index is 0.332. The van der Waals surface area contributed by atoms with Gasteiger partial charge in [0.25, 0.3) is 0 Å². The first kappa shape index (κ1) is 15.3. The second-order valence-corrected chi connectivity index (χ2v) is 4.58. The van der Waals surface area contributed by atoms with Crippen LogP contribution >= 0.6 is 23.2 Å². The minimum Gasteiger partial charge on any atom is -0.489 e. The summed E-state index contributed by atoms with van der Waals surface area (Å²) in [6.45, 7) is 3.64. The first-order chi connectivity index (χ1) is 8.69. The molecule has 0 aliphatic heterocycles. The standard InChI is InChI=1S/C13H16Cl2O3/c1-2-3-4-17-5-6-18-13-10(9-16)7-11(14)8-12(13)15/h7-9H,2-6H2,1H3. The molecule has 0 radical (unpaired) electrons. The Bertz CT molecular complexity index is 394. The predicted molar refractivity (Wildman–Crippen MR) is 73.1 cm³/mol. The molecule has 1 aromatic carbocycles. The van der Waals surface area contributed by atoms with Gasteiger partial charge in [-0.25, -0.2) is 0 Å². The molecule has 0 heterocycles. The number of benzene rings is 1. The van der Waals surface area contributed by atoms with Gasteiger partial charge in [-0.2, -0.15) is 0 Å². The Hall–Kier alpha value is -0.770. The molecule has 0 saturated carbocycles. The monoisotopic (exact) mass is 290 g/mol. The Balaban J connectivity index is 2.49. The molecule has 0 saturated heterocycles. The number of carbonyl (C=O) groups is 1. The fraction of sp³-hybridized carbons (Fsp3) is 0.462. The number of unbranched alkanes of at least 4 members (excludes halogenated alkanes) is 1. The minimum absolute atomic E-state index is 0.332. The van der Waals surface area contributed by atoms with Crippen molar-refractivity contribution in [1.82, 2.24) is 0 Å². The summed E-state index contributed by atoms with van der Waals surface area (Å²) in [5.41, 5.74) is 0.348. The van der Waals surface area contributed by atoms with Crippen LogP contribution in [-0.2, 0) is 4.74 Å². The summed E-state index contributed by atoms with van der Waals surface area (Å²) in [4.78, 5) is 10.9. The highest BCUT2D eigenvalue weighted by Crippen LogP contribution is 2.31. The van der Waals surface area contributed by atoms with E-state index in [2.05, 4.69) is 6.92 Å². The maximum atomic E-state index is 10.9. The zero-order valence-electron chi connectivity index (χ0n) is 10.2. The maximum absolute atomic E-state index is 10.9. The fourth-order valence-electron chi connectivity index (χ4n) is 1.37. The molecule has 0 aliphatic rings. The van der Waals surface area contributed by atoms with Crippen LogP contribution < -0.4 is 4.74 Å². The zero-order valence-corrected chi connectivity index (χ0v) is 11.8. The topological polar surface area (TPSA) is 35.5 Å². The van der Waals surface area contributed by atoms with Gasteiger partial charge in [-0.15, -0.1) is 0 Å². The van der Waals surface area contributed by atoms with Crippen molar-refractivity contribution in [3.63, 3.8) is 0 Å². The highest BCUT2D eigenvalue weighted by molar-refractivity contribution is 6.36. The van der Waals surface area contributed by atoms with E-state index in [1.54, 1.807) is 6.07 Å². The summed E-state index contributed by atoms with van der Waals surface area (Å²) in [5.74, 6) is 0.357. The van der Waals surface area contributed by atoms with E-state index in [-0.39, 0.29) is 0 Å². The van der Waals surface area contributed by atoms with Gasteiger partial charge in [0, 0.05) is 11.6 Å². The van der Waals surface area contributed by atoms with E-state index < -0.39 is 0 Å². The molecule has 1 aromatic rings. The third kappa shape index (κ3) is 4.84. The Morgan fingerprint density at radius 2 is 2.00 bits per heavy atom. The van der Waals surface area contributed by atoms with Crippen molar-refractivity contribution in [2.75, 3.05) is 19.8 Å². The third-order valence-electron chi connectivity index (χ3n) is 2.28. The van der Waals surface area contributed by atoms with Crippen molar-refractivity contribution in [1.29, 1.82) is 0 Å². The maximum Gasteiger partial charge on any atom is 0.153 e. The Morgan fingerprint density at radius 1 is 1.22 bits per heavy atom. The first-order valence-corrected chi connectivity index (χ1v) is 6.59. The summed E-state index contributed by atoms with van der Waals surface area (Å²) in [5, 5.41) is 0.742. The van der Waals surface area contributed by atoms with Crippen LogP contribution in [-0.4, -0.2) is 26.1 Å². The average Bonchev–Trinajstić information content (AvgIpc) is 2.35. The molecule has 0 atom stereocenters. The highest BCUT2D eigenvalue weighted by atomic mass is 35.5. The van der Waals surface area contributed by atoms with Gasteiger partial charge in [0.2, 0.25) is 0 Å². The van der Waals surface area contributed by atoms with Crippen LogP contribution in [0.1, 0.15) is 30.1 Å². The van der Waals surface area contributed by atoms with Crippen molar-refractivity contribution in [3.05, 3.63) is 27.7 Å². The third-order valence-corrected chi connectivity index (χ3v) is 2.78. The van der Waals surface area contributed by atoms with Gasteiger partial charge < -0.3 is 9.47 Å². The van der Waals surface area contributed by atoms with Crippen LogP contribution in [0.4, 0.5) is 0 Å². The van der Waals surface area contributed by atoms with Gasteiger partial charge in [0.15, 0.2) is 6.29 Å². The van der Waals surface area contributed by atoms with Gasteiger partial charge >= 0.3 is 0 Å². The van der Waals surface area contributed by atoms with Gasteiger partial charge in [-0.1, -0.05) is 36.5 Å². The van der Waals surface area contributed by atoms with Crippen molar-refractivity contribution in [2.24, 2.45) is 0 Å². The van der Waals surface area contributed by atoms with E-state index >= 15 is 0 Å². The Morgan fingerprint density at radius 3 is 2.67 bits per heavy atom. The smallest absolute Gasteiger partial charge is 0.153 e. The number of aldehydes is 1. The molecule has 0 spiro atoms. The molecule has 3 nitrogen and oxygen atoms in total. The van der Waals surface area contributed by atoms with Gasteiger partial charge in [-0.3, -0.25) is 4.79 Å².